The molecule has 1 N–H and O–H groups in total. The number of hydrogen-bond acceptors (Lipinski definition) is 5. The Labute approximate surface area is 127 Å². The molecule has 2 aromatic heterocycles. The van der Waals surface area contributed by atoms with E-state index >= 15 is 0 Å². The third kappa shape index (κ3) is 4.03. The van der Waals surface area contributed by atoms with Crippen molar-refractivity contribution in [3.8, 4) is 0 Å². The molecule has 3 rings (SSSR count). The summed E-state index contributed by atoms with van der Waals surface area (Å²) in [6, 6.07) is 16.0. The van der Waals surface area contributed by atoms with Crippen LogP contribution in [0.3, 0.4) is 0 Å². The highest BCUT2D eigenvalue weighted by Crippen LogP contribution is 2.23. The van der Waals surface area contributed by atoms with Crippen molar-refractivity contribution in [1.82, 2.24) is 15.0 Å². The molecule has 0 atom stereocenters. The SMILES string of the molecule is c1ccc(CNc2cncc(Sc3ccccn3)n2)cc1. The Bertz CT molecular complexity index is 689. The molecule has 0 aliphatic carbocycles. The van der Waals surface area contributed by atoms with Crippen molar-refractivity contribution < 1.29 is 0 Å². The molecule has 4 nitrogen and oxygen atoms in total. The molecule has 0 saturated carbocycles. The molecule has 1 aromatic carbocycles. The van der Waals surface area contributed by atoms with Gasteiger partial charge in [0.05, 0.1) is 12.4 Å². The minimum Gasteiger partial charge on any atom is -0.365 e. The van der Waals surface area contributed by atoms with Gasteiger partial charge < -0.3 is 5.32 Å². The van der Waals surface area contributed by atoms with Crippen LogP contribution >= 0.6 is 11.8 Å². The van der Waals surface area contributed by atoms with E-state index in [1.54, 1.807) is 18.6 Å². The van der Waals surface area contributed by atoms with Gasteiger partial charge in [0.2, 0.25) is 0 Å². The van der Waals surface area contributed by atoms with Crippen molar-refractivity contribution in [1.29, 1.82) is 0 Å². The minimum absolute atomic E-state index is 0.729. The Morgan fingerprint density at radius 3 is 2.57 bits per heavy atom. The van der Waals surface area contributed by atoms with E-state index in [2.05, 4.69) is 32.4 Å². The zero-order valence-electron chi connectivity index (χ0n) is 11.3. The molecule has 0 aliphatic rings. The van der Waals surface area contributed by atoms with E-state index in [1.807, 2.05) is 36.4 Å². The average Bonchev–Trinajstić information content (AvgIpc) is 2.55. The van der Waals surface area contributed by atoms with Crippen molar-refractivity contribution >= 4 is 17.6 Å². The summed E-state index contributed by atoms with van der Waals surface area (Å²) in [5.74, 6) is 0.764. The van der Waals surface area contributed by atoms with Crippen LogP contribution in [0.5, 0.6) is 0 Å². The first-order chi connectivity index (χ1) is 10.4. The standard InChI is InChI=1S/C16H14N4S/c1-2-6-13(7-3-1)10-19-14-11-17-12-16(20-14)21-15-8-4-5-9-18-15/h1-9,11-12H,10H2,(H,19,20). The number of nitrogens with one attached hydrogen (secondary N) is 1. The Morgan fingerprint density at radius 2 is 1.76 bits per heavy atom. The first-order valence-electron chi connectivity index (χ1n) is 6.59. The van der Waals surface area contributed by atoms with Crippen LogP contribution in [0.4, 0.5) is 5.82 Å². The fourth-order valence-corrected chi connectivity index (χ4v) is 2.52. The van der Waals surface area contributed by atoms with Crippen molar-refractivity contribution in [2.45, 2.75) is 16.6 Å². The summed E-state index contributed by atoms with van der Waals surface area (Å²) in [5, 5.41) is 5.01. The van der Waals surface area contributed by atoms with Crippen LogP contribution in [-0.2, 0) is 6.54 Å². The first-order valence-corrected chi connectivity index (χ1v) is 7.40. The average molecular weight is 294 g/mol. The third-order valence-electron chi connectivity index (χ3n) is 2.78. The van der Waals surface area contributed by atoms with Gasteiger partial charge in [0, 0.05) is 12.7 Å². The van der Waals surface area contributed by atoms with Gasteiger partial charge in [-0.15, -0.1) is 0 Å². The van der Waals surface area contributed by atoms with Crippen LogP contribution in [0.15, 0.2) is 77.2 Å². The molecule has 0 radical (unpaired) electrons. The number of rotatable bonds is 5. The molecule has 2 heterocycles. The Morgan fingerprint density at radius 1 is 0.905 bits per heavy atom. The van der Waals surface area contributed by atoms with E-state index in [-0.39, 0.29) is 0 Å². The van der Waals surface area contributed by atoms with Crippen LogP contribution in [0.25, 0.3) is 0 Å². The quantitative estimate of drug-likeness (QED) is 0.778. The lowest BCUT2D eigenvalue weighted by Crippen LogP contribution is -2.02. The lowest BCUT2D eigenvalue weighted by atomic mass is 10.2. The maximum absolute atomic E-state index is 4.53. The van der Waals surface area contributed by atoms with Gasteiger partial charge in [0.25, 0.3) is 0 Å². The second-order valence-corrected chi connectivity index (χ2v) is 5.39. The van der Waals surface area contributed by atoms with Crippen LogP contribution < -0.4 is 5.32 Å². The number of aromatic nitrogens is 3. The van der Waals surface area contributed by atoms with Crippen LogP contribution in [0, 0.1) is 0 Å². The van der Waals surface area contributed by atoms with Crippen molar-refractivity contribution in [3.05, 3.63) is 72.7 Å². The zero-order valence-corrected chi connectivity index (χ0v) is 12.1. The van der Waals surface area contributed by atoms with Gasteiger partial charge in [-0.3, -0.25) is 4.98 Å². The fraction of sp³-hybridized carbons (Fsp3) is 0.0625. The third-order valence-corrected chi connectivity index (χ3v) is 3.63. The van der Waals surface area contributed by atoms with Gasteiger partial charge in [-0.25, -0.2) is 9.97 Å². The van der Waals surface area contributed by atoms with Gasteiger partial charge in [-0.05, 0) is 29.5 Å². The molecule has 0 bridgehead atoms. The summed E-state index contributed by atoms with van der Waals surface area (Å²) < 4.78 is 0. The summed E-state index contributed by atoms with van der Waals surface area (Å²) in [7, 11) is 0. The molecule has 0 spiro atoms. The summed E-state index contributed by atoms with van der Waals surface area (Å²) in [6.45, 7) is 0.729. The number of benzene rings is 1. The molecular formula is C16H14N4S. The molecule has 21 heavy (non-hydrogen) atoms. The normalized spacial score (nSPS) is 10.3. The van der Waals surface area contributed by atoms with Crippen molar-refractivity contribution in [2.24, 2.45) is 0 Å². The van der Waals surface area contributed by atoms with E-state index < -0.39 is 0 Å². The summed E-state index contributed by atoms with van der Waals surface area (Å²) >= 11 is 1.50. The number of nitrogens with zero attached hydrogens (tertiary/aromatic N) is 3. The molecule has 3 aromatic rings. The topological polar surface area (TPSA) is 50.7 Å². The van der Waals surface area contributed by atoms with Crippen LogP contribution in [0.2, 0.25) is 0 Å². The lowest BCUT2D eigenvalue weighted by molar-refractivity contribution is 1.01. The van der Waals surface area contributed by atoms with Crippen LogP contribution in [-0.4, -0.2) is 15.0 Å². The summed E-state index contributed by atoms with van der Waals surface area (Å²) in [6.07, 6.45) is 5.24. The second kappa shape index (κ2) is 6.85. The summed E-state index contributed by atoms with van der Waals surface area (Å²) in [4.78, 5) is 13.0. The second-order valence-electron chi connectivity index (χ2n) is 4.35. The molecule has 0 fully saturated rings. The molecule has 104 valence electrons. The molecule has 0 saturated heterocycles. The minimum atomic E-state index is 0.729. The maximum Gasteiger partial charge on any atom is 0.146 e. The highest BCUT2D eigenvalue weighted by molar-refractivity contribution is 7.99. The number of hydrogen-bond donors (Lipinski definition) is 1. The lowest BCUT2D eigenvalue weighted by Gasteiger charge is -2.06. The molecule has 5 heteroatoms. The molecular weight excluding hydrogens is 280 g/mol. The maximum atomic E-state index is 4.53. The van der Waals surface area contributed by atoms with Crippen molar-refractivity contribution in [2.75, 3.05) is 5.32 Å². The molecule has 0 aliphatic heterocycles. The van der Waals surface area contributed by atoms with Gasteiger partial charge in [-0.1, -0.05) is 36.4 Å². The van der Waals surface area contributed by atoms with E-state index in [0.29, 0.717) is 0 Å². The monoisotopic (exact) mass is 294 g/mol. The Balaban J connectivity index is 1.66. The predicted molar refractivity (Wildman–Crippen MR) is 84.2 cm³/mol. The number of pyridine rings is 1. The van der Waals surface area contributed by atoms with E-state index in [0.717, 1.165) is 22.4 Å². The Hall–Kier alpha value is -2.40. The van der Waals surface area contributed by atoms with Gasteiger partial charge >= 0.3 is 0 Å². The van der Waals surface area contributed by atoms with Gasteiger partial charge in [0.15, 0.2) is 0 Å². The van der Waals surface area contributed by atoms with Crippen LogP contribution in [0.1, 0.15) is 5.56 Å². The van der Waals surface area contributed by atoms with E-state index in [4.69, 9.17) is 0 Å². The summed E-state index contributed by atoms with van der Waals surface area (Å²) in [5.41, 5.74) is 1.21. The fourth-order valence-electron chi connectivity index (χ4n) is 1.79. The largest absolute Gasteiger partial charge is 0.365 e. The zero-order chi connectivity index (χ0) is 14.3. The van der Waals surface area contributed by atoms with E-state index in [9.17, 15) is 0 Å². The first kappa shape index (κ1) is 13.6. The molecule has 0 amide bonds. The van der Waals surface area contributed by atoms with Gasteiger partial charge in [-0.2, -0.15) is 0 Å². The molecule has 0 unspecified atom stereocenters. The number of anilines is 1. The Kier molecular flexibility index (Phi) is 4.43. The highest BCUT2D eigenvalue weighted by atomic mass is 32.2. The smallest absolute Gasteiger partial charge is 0.146 e. The van der Waals surface area contributed by atoms with Gasteiger partial charge in [0.1, 0.15) is 15.9 Å². The van der Waals surface area contributed by atoms with E-state index in [1.165, 1.54) is 17.3 Å². The highest BCUT2D eigenvalue weighted by Gasteiger charge is 2.02. The van der Waals surface area contributed by atoms with Crippen molar-refractivity contribution in [3.63, 3.8) is 0 Å². The predicted octanol–water partition coefficient (Wildman–Crippen LogP) is 3.63.